The number of aryl methyl sites for hydroxylation is 2. The second-order valence-corrected chi connectivity index (χ2v) is 8.86. The molecule has 0 unspecified atom stereocenters. The molecule has 0 fully saturated rings. The van der Waals surface area contributed by atoms with Gasteiger partial charge in [-0.15, -0.1) is 0 Å². The SMILES string of the molecule is Cc1cc(C(=O)N[C@@H]2CCCc3ccccc32)ccc1N(C)S(C)(=O)=O. The van der Waals surface area contributed by atoms with Crippen molar-refractivity contribution in [3.05, 3.63) is 64.7 Å². The molecule has 1 atom stereocenters. The number of rotatable bonds is 4. The molecule has 0 aliphatic heterocycles. The third kappa shape index (κ3) is 3.75. The Hall–Kier alpha value is -2.34. The quantitative estimate of drug-likeness (QED) is 0.896. The Labute approximate surface area is 155 Å². The predicted molar refractivity (Wildman–Crippen MR) is 104 cm³/mol. The number of hydrogen-bond acceptors (Lipinski definition) is 3. The normalized spacial score (nSPS) is 16.7. The van der Waals surface area contributed by atoms with Crippen LogP contribution in [0.25, 0.3) is 0 Å². The number of carbonyl (C=O) groups is 1. The molecule has 6 heteroatoms. The van der Waals surface area contributed by atoms with Gasteiger partial charge in [-0.05, 0) is 61.1 Å². The van der Waals surface area contributed by atoms with Crippen molar-refractivity contribution in [2.24, 2.45) is 0 Å². The monoisotopic (exact) mass is 372 g/mol. The van der Waals surface area contributed by atoms with Crippen molar-refractivity contribution in [1.29, 1.82) is 0 Å². The van der Waals surface area contributed by atoms with Gasteiger partial charge in [-0.2, -0.15) is 0 Å². The molecule has 0 aromatic heterocycles. The molecular formula is C20H24N2O3S. The van der Waals surface area contributed by atoms with Gasteiger partial charge in [0.05, 0.1) is 18.0 Å². The van der Waals surface area contributed by atoms with E-state index in [9.17, 15) is 13.2 Å². The van der Waals surface area contributed by atoms with E-state index in [1.807, 2.05) is 19.1 Å². The summed E-state index contributed by atoms with van der Waals surface area (Å²) in [5.74, 6) is -0.136. The van der Waals surface area contributed by atoms with Gasteiger partial charge in [0, 0.05) is 12.6 Å². The van der Waals surface area contributed by atoms with Gasteiger partial charge in [-0.3, -0.25) is 9.10 Å². The zero-order valence-electron chi connectivity index (χ0n) is 15.3. The molecule has 0 spiro atoms. The van der Waals surface area contributed by atoms with Crippen LogP contribution in [-0.2, 0) is 16.4 Å². The van der Waals surface area contributed by atoms with Gasteiger partial charge in [0.15, 0.2) is 0 Å². The summed E-state index contributed by atoms with van der Waals surface area (Å²) in [6.45, 7) is 1.81. The van der Waals surface area contributed by atoms with Crippen LogP contribution in [-0.4, -0.2) is 27.6 Å². The van der Waals surface area contributed by atoms with Crippen LogP contribution in [0.4, 0.5) is 5.69 Å². The number of benzene rings is 2. The highest BCUT2D eigenvalue weighted by Crippen LogP contribution is 2.30. The van der Waals surface area contributed by atoms with E-state index < -0.39 is 10.0 Å². The largest absolute Gasteiger partial charge is 0.345 e. The Morgan fingerprint density at radius 2 is 1.92 bits per heavy atom. The summed E-state index contributed by atoms with van der Waals surface area (Å²) in [6.07, 6.45) is 4.19. The van der Waals surface area contributed by atoms with Crippen LogP contribution >= 0.6 is 0 Å². The number of hydrogen-bond donors (Lipinski definition) is 1. The summed E-state index contributed by atoms with van der Waals surface area (Å²) in [7, 11) is -1.82. The number of sulfonamides is 1. The Kier molecular flexibility index (Phi) is 5.05. The van der Waals surface area contributed by atoms with Gasteiger partial charge in [-0.25, -0.2) is 8.42 Å². The first-order chi connectivity index (χ1) is 12.3. The summed E-state index contributed by atoms with van der Waals surface area (Å²) in [4.78, 5) is 12.7. The molecule has 5 nitrogen and oxygen atoms in total. The second-order valence-electron chi connectivity index (χ2n) is 6.85. The highest BCUT2D eigenvalue weighted by molar-refractivity contribution is 7.92. The number of nitrogens with zero attached hydrogens (tertiary/aromatic N) is 1. The lowest BCUT2D eigenvalue weighted by molar-refractivity contribution is 0.0932. The number of anilines is 1. The average molecular weight is 372 g/mol. The van der Waals surface area contributed by atoms with Crippen molar-refractivity contribution in [2.45, 2.75) is 32.2 Å². The molecule has 0 radical (unpaired) electrons. The van der Waals surface area contributed by atoms with E-state index >= 15 is 0 Å². The van der Waals surface area contributed by atoms with Gasteiger partial charge in [0.25, 0.3) is 5.91 Å². The van der Waals surface area contributed by atoms with Crippen molar-refractivity contribution >= 4 is 21.6 Å². The van der Waals surface area contributed by atoms with Crippen LogP contribution in [0.5, 0.6) is 0 Å². The van der Waals surface area contributed by atoms with Crippen LogP contribution < -0.4 is 9.62 Å². The van der Waals surface area contributed by atoms with Gasteiger partial charge in [0.2, 0.25) is 10.0 Å². The third-order valence-corrected chi connectivity index (χ3v) is 6.16. The predicted octanol–water partition coefficient (Wildman–Crippen LogP) is 3.20. The number of nitrogens with one attached hydrogen (secondary N) is 1. The number of fused-ring (bicyclic) bond motifs is 1. The second kappa shape index (κ2) is 7.11. The van der Waals surface area contributed by atoms with Crippen molar-refractivity contribution in [3.63, 3.8) is 0 Å². The molecule has 1 aliphatic rings. The molecule has 1 aliphatic carbocycles. The average Bonchev–Trinajstić information content (AvgIpc) is 2.60. The fraction of sp³-hybridized carbons (Fsp3) is 0.350. The fourth-order valence-electron chi connectivity index (χ4n) is 3.47. The summed E-state index contributed by atoms with van der Waals surface area (Å²) >= 11 is 0. The highest BCUT2D eigenvalue weighted by atomic mass is 32.2. The molecular weight excluding hydrogens is 348 g/mol. The van der Waals surface area contributed by atoms with E-state index in [-0.39, 0.29) is 11.9 Å². The molecule has 2 aromatic carbocycles. The Bertz CT molecular complexity index is 938. The van der Waals surface area contributed by atoms with E-state index in [1.165, 1.54) is 22.5 Å². The van der Waals surface area contributed by atoms with E-state index in [1.54, 1.807) is 18.2 Å². The molecule has 0 saturated heterocycles. The van der Waals surface area contributed by atoms with Crippen molar-refractivity contribution in [2.75, 3.05) is 17.6 Å². The maximum Gasteiger partial charge on any atom is 0.251 e. The molecule has 1 N–H and O–H groups in total. The number of amides is 1. The lowest BCUT2D eigenvalue weighted by Gasteiger charge is -2.26. The van der Waals surface area contributed by atoms with Crippen LogP contribution in [0.3, 0.4) is 0 Å². The van der Waals surface area contributed by atoms with E-state index in [0.717, 1.165) is 31.1 Å². The highest BCUT2D eigenvalue weighted by Gasteiger charge is 2.22. The Morgan fingerprint density at radius 3 is 2.62 bits per heavy atom. The Balaban J connectivity index is 1.81. The van der Waals surface area contributed by atoms with Crippen molar-refractivity contribution in [3.8, 4) is 0 Å². The summed E-state index contributed by atoms with van der Waals surface area (Å²) < 4.78 is 24.7. The van der Waals surface area contributed by atoms with Crippen molar-refractivity contribution in [1.82, 2.24) is 5.32 Å². The lowest BCUT2D eigenvalue weighted by atomic mass is 9.87. The van der Waals surface area contributed by atoms with Gasteiger partial charge in [0.1, 0.15) is 0 Å². The number of carbonyl (C=O) groups excluding carboxylic acids is 1. The molecule has 0 heterocycles. The van der Waals surface area contributed by atoms with Gasteiger partial charge >= 0.3 is 0 Å². The standard InChI is InChI=1S/C20H24N2O3S/c1-14-13-16(11-12-19(14)22(2)26(3,24)25)20(23)21-18-10-6-8-15-7-4-5-9-17(15)18/h4-5,7,9,11-13,18H,6,8,10H2,1-3H3,(H,21,23)/t18-/m1/s1. The minimum atomic E-state index is -3.33. The van der Waals surface area contributed by atoms with E-state index in [0.29, 0.717) is 11.3 Å². The van der Waals surface area contributed by atoms with Crippen LogP contribution in [0.2, 0.25) is 0 Å². The zero-order valence-corrected chi connectivity index (χ0v) is 16.1. The van der Waals surface area contributed by atoms with Crippen LogP contribution in [0.15, 0.2) is 42.5 Å². The van der Waals surface area contributed by atoms with E-state index in [4.69, 9.17) is 0 Å². The van der Waals surface area contributed by atoms with Gasteiger partial charge in [-0.1, -0.05) is 24.3 Å². The molecule has 0 saturated carbocycles. The Morgan fingerprint density at radius 1 is 1.19 bits per heavy atom. The summed E-state index contributed by atoms with van der Waals surface area (Å²) in [5, 5.41) is 3.13. The topological polar surface area (TPSA) is 66.5 Å². The molecule has 3 rings (SSSR count). The first-order valence-electron chi connectivity index (χ1n) is 8.70. The minimum Gasteiger partial charge on any atom is -0.345 e. The first-order valence-corrected chi connectivity index (χ1v) is 10.6. The lowest BCUT2D eigenvalue weighted by Crippen LogP contribution is -2.31. The summed E-state index contributed by atoms with van der Waals surface area (Å²) in [5.41, 5.74) is 4.35. The molecule has 0 bridgehead atoms. The maximum atomic E-state index is 12.7. The molecule has 2 aromatic rings. The maximum absolute atomic E-state index is 12.7. The smallest absolute Gasteiger partial charge is 0.251 e. The van der Waals surface area contributed by atoms with Crippen molar-refractivity contribution < 1.29 is 13.2 Å². The van der Waals surface area contributed by atoms with Crippen LogP contribution in [0, 0.1) is 6.92 Å². The first kappa shape index (κ1) is 18.5. The molecule has 138 valence electrons. The summed E-state index contributed by atoms with van der Waals surface area (Å²) in [6, 6.07) is 13.3. The molecule has 26 heavy (non-hydrogen) atoms. The fourth-order valence-corrected chi connectivity index (χ4v) is 4.04. The van der Waals surface area contributed by atoms with Crippen LogP contribution in [0.1, 0.15) is 45.9 Å². The van der Waals surface area contributed by atoms with Gasteiger partial charge < -0.3 is 5.32 Å². The third-order valence-electron chi connectivity index (χ3n) is 4.97. The van der Waals surface area contributed by atoms with E-state index in [2.05, 4.69) is 17.4 Å². The molecule has 1 amide bonds. The zero-order chi connectivity index (χ0) is 18.9. The minimum absolute atomic E-state index is 0.0196.